The maximum atomic E-state index is 12.6. The Morgan fingerprint density at radius 2 is 1.93 bits per heavy atom. The summed E-state index contributed by atoms with van der Waals surface area (Å²) in [5.74, 6) is -0.540. The van der Waals surface area contributed by atoms with Crippen molar-refractivity contribution in [3.05, 3.63) is 47.3 Å². The summed E-state index contributed by atoms with van der Waals surface area (Å²) < 4.78 is 4.74. The number of methoxy groups -OCH3 is 1. The number of amides is 1. The lowest BCUT2D eigenvalue weighted by molar-refractivity contribution is 0.0602. The number of rotatable bonds is 8. The third kappa shape index (κ3) is 6.03. The minimum absolute atomic E-state index is 0.220. The van der Waals surface area contributed by atoms with Gasteiger partial charge < -0.3 is 20.3 Å². The lowest BCUT2D eigenvalue weighted by atomic mass is 10.1. The Morgan fingerprint density at radius 3 is 2.63 bits per heavy atom. The molecule has 0 radical (unpaired) electrons. The summed E-state index contributed by atoms with van der Waals surface area (Å²) in [6.07, 6.45) is 0.929. The Morgan fingerprint density at radius 1 is 1.19 bits per heavy atom. The minimum Gasteiger partial charge on any atom is -0.465 e. The predicted molar refractivity (Wildman–Crippen MR) is 104 cm³/mol. The molecule has 1 heterocycles. The fourth-order valence-electron chi connectivity index (χ4n) is 2.43. The van der Waals surface area contributed by atoms with E-state index in [4.69, 9.17) is 4.74 Å². The van der Waals surface area contributed by atoms with Crippen molar-refractivity contribution in [1.29, 1.82) is 0 Å². The number of para-hydroxylation sites is 1. The van der Waals surface area contributed by atoms with Gasteiger partial charge in [-0.2, -0.15) is 0 Å². The first-order valence-corrected chi connectivity index (χ1v) is 8.63. The highest BCUT2D eigenvalue weighted by Gasteiger charge is 2.16. The van der Waals surface area contributed by atoms with Crippen LogP contribution in [0.2, 0.25) is 0 Å². The molecule has 8 nitrogen and oxygen atoms in total. The molecular formula is C19H25N5O3. The van der Waals surface area contributed by atoms with Crippen LogP contribution in [0.1, 0.15) is 33.0 Å². The summed E-state index contributed by atoms with van der Waals surface area (Å²) in [7, 11) is 5.32. The number of hydrogen-bond acceptors (Lipinski definition) is 7. The third-order valence-electron chi connectivity index (χ3n) is 3.73. The van der Waals surface area contributed by atoms with E-state index in [1.54, 1.807) is 37.3 Å². The number of esters is 1. The molecule has 1 aromatic heterocycles. The van der Waals surface area contributed by atoms with E-state index in [9.17, 15) is 9.59 Å². The van der Waals surface area contributed by atoms with E-state index in [1.807, 2.05) is 14.1 Å². The summed E-state index contributed by atoms with van der Waals surface area (Å²) in [5.41, 5.74) is 1.54. The SMILES string of the molecule is COC(=O)c1ccccc1NC(=O)c1cc(C)nc(NCCCN(C)C)n1. The van der Waals surface area contributed by atoms with Crippen LogP contribution in [-0.4, -0.2) is 61.0 Å². The zero-order valence-electron chi connectivity index (χ0n) is 16.1. The highest BCUT2D eigenvalue weighted by Crippen LogP contribution is 2.17. The van der Waals surface area contributed by atoms with Crippen LogP contribution in [0.4, 0.5) is 11.6 Å². The minimum atomic E-state index is -0.520. The molecule has 0 unspecified atom stereocenters. The Labute approximate surface area is 159 Å². The van der Waals surface area contributed by atoms with Gasteiger partial charge >= 0.3 is 5.97 Å². The fraction of sp³-hybridized carbons (Fsp3) is 0.368. The van der Waals surface area contributed by atoms with Crippen LogP contribution in [0.5, 0.6) is 0 Å². The summed E-state index contributed by atoms with van der Waals surface area (Å²) in [6, 6.07) is 8.25. The zero-order chi connectivity index (χ0) is 19.8. The lowest BCUT2D eigenvalue weighted by Gasteiger charge is -2.12. The second kappa shape index (κ2) is 9.63. The average molecular weight is 371 g/mol. The van der Waals surface area contributed by atoms with Crippen molar-refractivity contribution in [1.82, 2.24) is 14.9 Å². The standard InChI is InChI=1S/C19H25N5O3/c1-13-12-16(23-19(21-13)20-10-7-11-24(2)3)17(25)22-15-9-6-5-8-14(15)18(26)27-4/h5-6,8-9,12H,7,10-11H2,1-4H3,(H,22,25)(H,20,21,23). The molecule has 0 spiro atoms. The summed E-state index contributed by atoms with van der Waals surface area (Å²) in [4.78, 5) is 35.1. The van der Waals surface area contributed by atoms with Crippen LogP contribution in [-0.2, 0) is 4.74 Å². The third-order valence-corrected chi connectivity index (χ3v) is 3.73. The van der Waals surface area contributed by atoms with Crippen molar-refractivity contribution in [3.63, 3.8) is 0 Å². The van der Waals surface area contributed by atoms with E-state index in [-0.39, 0.29) is 11.3 Å². The first-order chi connectivity index (χ1) is 12.9. The van der Waals surface area contributed by atoms with Crippen LogP contribution < -0.4 is 10.6 Å². The first kappa shape index (κ1) is 20.3. The molecule has 27 heavy (non-hydrogen) atoms. The molecule has 0 aliphatic heterocycles. The van der Waals surface area contributed by atoms with E-state index in [2.05, 4.69) is 25.5 Å². The van der Waals surface area contributed by atoms with E-state index >= 15 is 0 Å². The highest BCUT2D eigenvalue weighted by molar-refractivity contribution is 6.07. The largest absolute Gasteiger partial charge is 0.465 e. The number of aryl methyl sites for hydroxylation is 1. The summed E-state index contributed by atoms with van der Waals surface area (Å²) >= 11 is 0. The maximum Gasteiger partial charge on any atom is 0.339 e. The average Bonchev–Trinajstić information content (AvgIpc) is 2.64. The van der Waals surface area contributed by atoms with Crippen LogP contribution in [0.3, 0.4) is 0 Å². The van der Waals surface area contributed by atoms with Gasteiger partial charge in [-0.25, -0.2) is 14.8 Å². The number of carbonyl (C=O) groups excluding carboxylic acids is 2. The molecule has 0 aliphatic carbocycles. The number of carbonyl (C=O) groups is 2. The lowest BCUT2D eigenvalue weighted by Crippen LogP contribution is -2.19. The molecule has 0 bridgehead atoms. The Hall–Kier alpha value is -3.00. The molecule has 144 valence electrons. The number of aromatic nitrogens is 2. The van der Waals surface area contributed by atoms with Gasteiger partial charge in [0.25, 0.3) is 5.91 Å². The van der Waals surface area contributed by atoms with Crippen LogP contribution in [0.25, 0.3) is 0 Å². The highest BCUT2D eigenvalue weighted by atomic mass is 16.5. The number of ether oxygens (including phenoxy) is 1. The Kier molecular flexibility index (Phi) is 7.25. The Bertz CT molecular complexity index is 808. The molecule has 0 saturated heterocycles. The molecule has 0 fully saturated rings. The van der Waals surface area contributed by atoms with E-state index in [0.29, 0.717) is 23.9 Å². The molecule has 2 N–H and O–H groups in total. The molecule has 1 amide bonds. The maximum absolute atomic E-state index is 12.6. The second-order valence-electron chi connectivity index (χ2n) is 6.29. The van der Waals surface area contributed by atoms with Gasteiger partial charge in [0.05, 0.1) is 18.4 Å². The molecule has 2 rings (SSSR count). The van der Waals surface area contributed by atoms with Crippen molar-refractivity contribution in [2.75, 3.05) is 44.9 Å². The molecule has 1 aromatic carbocycles. The number of nitrogens with one attached hydrogen (secondary N) is 2. The summed E-state index contributed by atoms with van der Waals surface area (Å²) in [5, 5.41) is 5.85. The van der Waals surface area contributed by atoms with Gasteiger partial charge in [0.2, 0.25) is 5.95 Å². The van der Waals surface area contributed by atoms with Gasteiger partial charge in [-0.3, -0.25) is 4.79 Å². The number of benzene rings is 1. The van der Waals surface area contributed by atoms with Crippen molar-refractivity contribution in [3.8, 4) is 0 Å². The monoisotopic (exact) mass is 371 g/mol. The van der Waals surface area contributed by atoms with E-state index < -0.39 is 11.9 Å². The van der Waals surface area contributed by atoms with Crippen molar-refractivity contribution < 1.29 is 14.3 Å². The molecule has 8 heteroatoms. The van der Waals surface area contributed by atoms with Crippen molar-refractivity contribution >= 4 is 23.5 Å². The smallest absolute Gasteiger partial charge is 0.339 e. The van der Waals surface area contributed by atoms with Gasteiger partial charge in [0, 0.05) is 12.2 Å². The molecule has 0 saturated carbocycles. The van der Waals surface area contributed by atoms with Gasteiger partial charge in [-0.05, 0) is 52.2 Å². The normalized spacial score (nSPS) is 10.6. The first-order valence-electron chi connectivity index (χ1n) is 8.63. The quantitative estimate of drug-likeness (QED) is 0.542. The Balaban J connectivity index is 2.12. The van der Waals surface area contributed by atoms with Crippen LogP contribution >= 0.6 is 0 Å². The van der Waals surface area contributed by atoms with Crippen molar-refractivity contribution in [2.45, 2.75) is 13.3 Å². The van der Waals surface area contributed by atoms with Gasteiger partial charge in [-0.1, -0.05) is 12.1 Å². The topological polar surface area (TPSA) is 96.4 Å². The fourth-order valence-corrected chi connectivity index (χ4v) is 2.43. The van der Waals surface area contributed by atoms with Crippen molar-refractivity contribution in [2.24, 2.45) is 0 Å². The van der Waals surface area contributed by atoms with E-state index in [1.165, 1.54) is 7.11 Å². The number of hydrogen-bond donors (Lipinski definition) is 2. The predicted octanol–water partition coefficient (Wildman–Crippen LogP) is 2.19. The van der Waals surface area contributed by atoms with Gasteiger partial charge in [0.1, 0.15) is 5.69 Å². The second-order valence-corrected chi connectivity index (χ2v) is 6.29. The molecule has 0 aliphatic rings. The zero-order valence-corrected chi connectivity index (χ0v) is 16.1. The van der Waals surface area contributed by atoms with Crippen LogP contribution in [0, 0.1) is 6.92 Å². The molecule has 0 atom stereocenters. The number of anilines is 2. The molecule has 2 aromatic rings. The van der Waals surface area contributed by atoms with Crippen LogP contribution in [0.15, 0.2) is 30.3 Å². The van der Waals surface area contributed by atoms with E-state index in [0.717, 1.165) is 13.0 Å². The summed E-state index contributed by atoms with van der Waals surface area (Å²) in [6.45, 7) is 3.44. The van der Waals surface area contributed by atoms with Gasteiger partial charge in [0.15, 0.2) is 0 Å². The molecular weight excluding hydrogens is 346 g/mol. The number of nitrogens with zero attached hydrogens (tertiary/aromatic N) is 3. The van der Waals surface area contributed by atoms with Gasteiger partial charge in [-0.15, -0.1) is 0 Å².